The standard InChI is InChI=1S/C20H14ClN3O2S/c1-12-6-8-13(9-7-12)10-17-19(26)24-20(27-17)22-18(25)16(23-24)11-14-4-2-3-5-15(14)21/h2-10H,11H2,1H3/b17-10+. The van der Waals surface area contributed by atoms with E-state index in [1.165, 1.54) is 4.52 Å². The maximum Gasteiger partial charge on any atom is 0.296 e. The molecule has 0 bridgehead atoms. The third-order valence-corrected chi connectivity index (χ3v) is 5.47. The lowest BCUT2D eigenvalue weighted by Gasteiger charge is -2.02. The minimum atomic E-state index is -0.446. The first-order valence-corrected chi connectivity index (χ1v) is 9.45. The second-order valence-electron chi connectivity index (χ2n) is 6.15. The number of aromatic nitrogens is 3. The van der Waals surface area contributed by atoms with Gasteiger partial charge in [0.1, 0.15) is 5.69 Å². The summed E-state index contributed by atoms with van der Waals surface area (Å²) in [7, 11) is 0. The van der Waals surface area contributed by atoms with Gasteiger partial charge < -0.3 is 0 Å². The highest BCUT2D eigenvalue weighted by Crippen LogP contribution is 2.16. The van der Waals surface area contributed by atoms with Crippen molar-refractivity contribution >= 4 is 34.0 Å². The second-order valence-corrected chi connectivity index (χ2v) is 7.57. The minimum Gasteiger partial charge on any atom is -0.266 e. The van der Waals surface area contributed by atoms with Gasteiger partial charge in [0.15, 0.2) is 0 Å². The van der Waals surface area contributed by atoms with E-state index >= 15 is 0 Å². The Kier molecular flexibility index (Phi) is 4.59. The van der Waals surface area contributed by atoms with Gasteiger partial charge in [0, 0.05) is 11.4 Å². The van der Waals surface area contributed by atoms with E-state index in [2.05, 4.69) is 10.1 Å². The zero-order valence-corrected chi connectivity index (χ0v) is 15.9. The number of halogens is 1. The molecule has 2 heterocycles. The van der Waals surface area contributed by atoms with Crippen molar-refractivity contribution in [3.05, 3.63) is 101 Å². The van der Waals surface area contributed by atoms with Crippen molar-refractivity contribution in [3.8, 4) is 0 Å². The number of aryl methyl sites for hydroxylation is 1. The van der Waals surface area contributed by atoms with Crippen LogP contribution in [-0.2, 0) is 6.42 Å². The molecular weight excluding hydrogens is 382 g/mol. The summed E-state index contributed by atoms with van der Waals surface area (Å²) in [5.41, 5.74) is 2.27. The maximum atomic E-state index is 12.7. The van der Waals surface area contributed by atoms with Crippen molar-refractivity contribution < 1.29 is 0 Å². The predicted molar refractivity (Wildman–Crippen MR) is 108 cm³/mol. The van der Waals surface area contributed by atoms with E-state index in [1.54, 1.807) is 12.1 Å². The summed E-state index contributed by atoms with van der Waals surface area (Å²) >= 11 is 7.31. The van der Waals surface area contributed by atoms with Crippen LogP contribution in [0.1, 0.15) is 22.4 Å². The lowest BCUT2D eigenvalue weighted by Crippen LogP contribution is -2.28. The Morgan fingerprint density at radius 1 is 1.11 bits per heavy atom. The topological polar surface area (TPSA) is 64.3 Å². The predicted octanol–water partition coefficient (Wildman–Crippen LogP) is 2.61. The molecule has 4 aromatic rings. The average Bonchev–Trinajstić information content (AvgIpc) is 2.94. The van der Waals surface area contributed by atoms with E-state index < -0.39 is 5.56 Å². The van der Waals surface area contributed by atoms with Crippen molar-refractivity contribution in [1.29, 1.82) is 0 Å². The number of hydrogen-bond acceptors (Lipinski definition) is 5. The van der Waals surface area contributed by atoms with Crippen LogP contribution >= 0.6 is 22.9 Å². The molecule has 0 spiro atoms. The van der Waals surface area contributed by atoms with Crippen LogP contribution in [0.2, 0.25) is 5.02 Å². The molecule has 2 aromatic carbocycles. The highest BCUT2D eigenvalue weighted by atomic mass is 35.5. The number of benzene rings is 2. The van der Waals surface area contributed by atoms with Crippen molar-refractivity contribution in [2.24, 2.45) is 0 Å². The fourth-order valence-electron chi connectivity index (χ4n) is 2.69. The third kappa shape index (κ3) is 3.54. The van der Waals surface area contributed by atoms with Gasteiger partial charge in [0.05, 0.1) is 4.53 Å². The molecule has 7 heteroatoms. The molecule has 0 aliphatic rings. The normalized spacial score (nSPS) is 12.0. The van der Waals surface area contributed by atoms with Gasteiger partial charge in [-0.1, -0.05) is 71.0 Å². The quantitative estimate of drug-likeness (QED) is 0.535. The van der Waals surface area contributed by atoms with E-state index in [0.717, 1.165) is 28.0 Å². The molecule has 0 unspecified atom stereocenters. The lowest BCUT2D eigenvalue weighted by molar-refractivity contribution is 0.811. The van der Waals surface area contributed by atoms with Gasteiger partial charge in [-0.25, -0.2) is 0 Å². The molecule has 2 aromatic heterocycles. The summed E-state index contributed by atoms with van der Waals surface area (Å²) in [6.45, 7) is 2.00. The Hall–Kier alpha value is -2.83. The third-order valence-electron chi connectivity index (χ3n) is 4.14. The summed E-state index contributed by atoms with van der Waals surface area (Å²) < 4.78 is 1.67. The molecule has 0 saturated carbocycles. The van der Waals surface area contributed by atoms with Gasteiger partial charge in [0.2, 0.25) is 4.96 Å². The molecule has 0 aliphatic heterocycles. The molecule has 0 amide bonds. The zero-order chi connectivity index (χ0) is 19.0. The molecule has 0 fully saturated rings. The number of nitrogens with zero attached hydrogens (tertiary/aromatic N) is 3. The molecule has 0 aliphatic carbocycles. The van der Waals surface area contributed by atoms with Crippen LogP contribution in [0.15, 0.2) is 58.1 Å². The Bertz CT molecular complexity index is 1310. The Labute approximate surface area is 163 Å². The van der Waals surface area contributed by atoms with Crippen LogP contribution < -0.4 is 15.7 Å². The number of hydrogen-bond donors (Lipinski definition) is 0. The lowest BCUT2D eigenvalue weighted by atomic mass is 10.1. The maximum absolute atomic E-state index is 12.7. The smallest absolute Gasteiger partial charge is 0.266 e. The summed E-state index contributed by atoms with van der Waals surface area (Å²) in [5.74, 6) is 0. The second kappa shape index (κ2) is 7.06. The molecule has 5 nitrogen and oxygen atoms in total. The first-order valence-electron chi connectivity index (χ1n) is 8.26. The van der Waals surface area contributed by atoms with E-state index in [-0.39, 0.29) is 22.6 Å². The van der Waals surface area contributed by atoms with Gasteiger partial charge >= 0.3 is 0 Å². The summed E-state index contributed by atoms with van der Waals surface area (Å²) in [5, 5.41) is 4.79. The van der Waals surface area contributed by atoms with Crippen LogP contribution in [0, 0.1) is 6.92 Å². The fourth-order valence-corrected chi connectivity index (χ4v) is 3.79. The van der Waals surface area contributed by atoms with Gasteiger partial charge in [-0.15, -0.1) is 0 Å². The van der Waals surface area contributed by atoms with Crippen LogP contribution in [0.5, 0.6) is 0 Å². The molecule has 4 rings (SSSR count). The Morgan fingerprint density at radius 2 is 1.85 bits per heavy atom. The van der Waals surface area contributed by atoms with Gasteiger partial charge in [-0.2, -0.15) is 14.6 Å². The molecule has 134 valence electrons. The SMILES string of the molecule is Cc1ccc(/C=c2/sc3nc(=O)c(Cc4ccccc4Cl)nn3c2=O)cc1. The van der Waals surface area contributed by atoms with E-state index in [0.29, 0.717) is 9.55 Å². The first kappa shape index (κ1) is 17.6. The summed E-state index contributed by atoms with van der Waals surface area (Å²) in [6, 6.07) is 15.0. The average molecular weight is 396 g/mol. The Morgan fingerprint density at radius 3 is 2.59 bits per heavy atom. The van der Waals surface area contributed by atoms with Crippen molar-refractivity contribution in [3.63, 3.8) is 0 Å². The largest absolute Gasteiger partial charge is 0.296 e. The number of thiazole rings is 1. The molecule has 0 saturated heterocycles. The molecule has 0 radical (unpaired) electrons. The van der Waals surface area contributed by atoms with E-state index in [1.807, 2.05) is 49.4 Å². The highest BCUT2D eigenvalue weighted by Gasteiger charge is 2.12. The first-order chi connectivity index (χ1) is 13.0. The number of rotatable bonds is 3. The molecular formula is C20H14ClN3O2S. The Balaban J connectivity index is 1.82. The van der Waals surface area contributed by atoms with Crippen molar-refractivity contribution in [2.45, 2.75) is 13.3 Å². The van der Waals surface area contributed by atoms with Crippen LogP contribution in [0.4, 0.5) is 0 Å². The van der Waals surface area contributed by atoms with Gasteiger partial charge in [-0.05, 0) is 30.2 Å². The monoisotopic (exact) mass is 395 g/mol. The fraction of sp³-hybridized carbons (Fsp3) is 0.100. The van der Waals surface area contributed by atoms with Gasteiger partial charge in [0.25, 0.3) is 11.1 Å². The zero-order valence-electron chi connectivity index (χ0n) is 14.3. The molecule has 27 heavy (non-hydrogen) atoms. The van der Waals surface area contributed by atoms with E-state index in [4.69, 9.17) is 11.6 Å². The van der Waals surface area contributed by atoms with Crippen LogP contribution in [0.3, 0.4) is 0 Å². The minimum absolute atomic E-state index is 0.192. The van der Waals surface area contributed by atoms with Crippen molar-refractivity contribution in [2.75, 3.05) is 0 Å². The molecule has 0 N–H and O–H groups in total. The highest BCUT2D eigenvalue weighted by molar-refractivity contribution is 7.15. The number of fused-ring (bicyclic) bond motifs is 1. The van der Waals surface area contributed by atoms with Crippen molar-refractivity contribution in [1.82, 2.24) is 14.6 Å². The van der Waals surface area contributed by atoms with Gasteiger partial charge in [-0.3, -0.25) is 9.59 Å². The van der Waals surface area contributed by atoms with Crippen LogP contribution in [-0.4, -0.2) is 14.6 Å². The van der Waals surface area contributed by atoms with Crippen LogP contribution in [0.25, 0.3) is 11.0 Å². The molecule has 0 atom stereocenters. The summed E-state index contributed by atoms with van der Waals surface area (Å²) in [6.07, 6.45) is 2.00. The van der Waals surface area contributed by atoms with E-state index in [9.17, 15) is 9.59 Å². The summed E-state index contributed by atoms with van der Waals surface area (Å²) in [4.78, 5) is 29.3.